The third-order valence-corrected chi connectivity index (χ3v) is 4.75. The van der Waals surface area contributed by atoms with Gasteiger partial charge in [-0.3, -0.25) is 0 Å². The monoisotopic (exact) mass is 267 g/mol. The molecule has 2 atom stereocenters. The first-order valence-corrected chi connectivity index (χ1v) is 8.51. The van der Waals surface area contributed by atoms with Crippen LogP contribution in [0, 0.1) is 29.1 Å². The van der Waals surface area contributed by atoms with E-state index in [1.807, 2.05) is 0 Å². The summed E-state index contributed by atoms with van der Waals surface area (Å²) < 4.78 is 0. The summed E-state index contributed by atoms with van der Waals surface area (Å²) >= 11 is 0. The summed E-state index contributed by atoms with van der Waals surface area (Å²) in [5, 5.41) is 3.70. The van der Waals surface area contributed by atoms with E-state index in [0.717, 1.165) is 23.7 Å². The second kappa shape index (κ2) is 7.67. The van der Waals surface area contributed by atoms with E-state index in [2.05, 4.69) is 46.9 Å². The Bertz CT molecular complexity index is 242. The molecule has 1 nitrogen and oxygen atoms in total. The molecule has 114 valence electrons. The molecule has 19 heavy (non-hydrogen) atoms. The van der Waals surface area contributed by atoms with Crippen molar-refractivity contribution < 1.29 is 0 Å². The maximum atomic E-state index is 3.70. The summed E-state index contributed by atoms with van der Waals surface area (Å²) in [6.45, 7) is 16.7. The molecule has 0 bridgehead atoms. The molecule has 1 rings (SSSR count). The molecule has 0 spiro atoms. The van der Waals surface area contributed by atoms with Gasteiger partial charge in [0.15, 0.2) is 0 Å². The fraction of sp³-hybridized carbons (Fsp3) is 1.00. The second-order valence-electron chi connectivity index (χ2n) is 8.45. The normalized spacial score (nSPS) is 27.2. The summed E-state index contributed by atoms with van der Waals surface area (Å²) in [5.74, 6) is 3.50. The molecule has 1 fully saturated rings. The van der Waals surface area contributed by atoms with Crippen LogP contribution < -0.4 is 5.32 Å². The van der Waals surface area contributed by atoms with Crippen LogP contribution in [0.5, 0.6) is 0 Å². The zero-order valence-electron chi connectivity index (χ0n) is 14.3. The van der Waals surface area contributed by atoms with E-state index < -0.39 is 0 Å². The first-order valence-electron chi connectivity index (χ1n) is 8.51. The van der Waals surface area contributed by atoms with Gasteiger partial charge in [-0.1, -0.05) is 48.0 Å². The summed E-state index contributed by atoms with van der Waals surface area (Å²) in [6, 6.07) is 0. The minimum Gasteiger partial charge on any atom is -0.316 e. The molecule has 0 radical (unpaired) electrons. The first kappa shape index (κ1) is 17.0. The highest BCUT2D eigenvalue weighted by atomic mass is 14.9. The van der Waals surface area contributed by atoms with Gasteiger partial charge in [0.2, 0.25) is 0 Å². The van der Waals surface area contributed by atoms with Gasteiger partial charge in [-0.25, -0.2) is 0 Å². The predicted molar refractivity (Wildman–Crippen MR) is 86.4 cm³/mol. The summed E-state index contributed by atoms with van der Waals surface area (Å²) in [5.41, 5.74) is 0.580. The van der Waals surface area contributed by atoms with Crippen LogP contribution in [0.1, 0.15) is 73.6 Å². The quantitative estimate of drug-likeness (QED) is 0.676. The Hall–Kier alpha value is -0.0400. The van der Waals surface area contributed by atoms with E-state index in [1.54, 1.807) is 0 Å². The van der Waals surface area contributed by atoms with Gasteiger partial charge in [-0.05, 0) is 67.9 Å². The van der Waals surface area contributed by atoms with Crippen LogP contribution in [-0.2, 0) is 0 Å². The molecular formula is C18H37N. The Balaban J connectivity index is 2.45. The number of rotatable bonds is 7. The molecule has 1 saturated carbocycles. The Morgan fingerprint density at radius 1 is 1.05 bits per heavy atom. The third-order valence-electron chi connectivity index (χ3n) is 4.75. The lowest BCUT2D eigenvalue weighted by atomic mass is 9.65. The minimum absolute atomic E-state index is 0.580. The highest BCUT2D eigenvalue weighted by Crippen LogP contribution is 2.43. The molecule has 0 aromatic rings. The maximum absolute atomic E-state index is 3.70. The van der Waals surface area contributed by atoms with Crippen LogP contribution in [0.15, 0.2) is 0 Å². The van der Waals surface area contributed by atoms with Gasteiger partial charge in [0.05, 0.1) is 0 Å². The second-order valence-corrected chi connectivity index (χ2v) is 8.45. The molecule has 1 heteroatoms. The molecule has 0 amide bonds. The zero-order chi connectivity index (χ0) is 14.5. The highest BCUT2D eigenvalue weighted by molar-refractivity contribution is 4.86. The van der Waals surface area contributed by atoms with E-state index in [9.17, 15) is 0 Å². The highest BCUT2D eigenvalue weighted by Gasteiger charge is 2.34. The van der Waals surface area contributed by atoms with Crippen molar-refractivity contribution in [2.45, 2.75) is 73.6 Å². The SMILES string of the molecule is CC(C)CCC1CC(C)(C)CCC1CNCC(C)C. The van der Waals surface area contributed by atoms with Crippen molar-refractivity contribution in [1.29, 1.82) is 0 Å². The van der Waals surface area contributed by atoms with Crippen LogP contribution in [-0.4, -0.2) is 13.1 Å². The minimum atomic E-state index is 0.580. The number of nitrogens with one attached hydrogen (secondary N) is 1. The van der Waals surface area contributed by atoms with Crippen molar-refractivity contribution in [2.75, 3.05) is 13.1 Å². The fourth-order valence-electron chi connectivity index (χ4n) is 3.50. The molecule has 2 unspecified atom stereocenters. The van der Waals surface area contributed by atoms with Gasteiger partial charge in [-0.2, -0.15) is 0 Å². The lowest BCUT2D eigenvalue weighted by Crippen LogP contribution is -2.37. The van der Waals surface area contributed by atoms with Crippen LogP contribution >= 0.6 is 0 Å². The van der Waals surface area contributed by atoms with Gasteiger partial charge in [0, 0.05) is 0 Å². The van der Waals surface area contributed by atoms with Gasteiger partial charge in [0.25, 0.3) is 0 Å². The van der Waals surface area contributed by atoms with Crippen LogP contribution in [0.4, 0.5) is 0 Å². The van der Waals surface area contributed by atoms with E-state index in [-0.39, 0.29) is 0 Å². The summed E-state index contributed by atoms with van der Waals surface area (Å²) in [6.07, 6.45) is 7.13. The van der Waals surface area contributed by atoms with Crippen molar-refractivity contribution in [3.63, 3.8) is 0 Å². The lowest BCUT2D eigenvalue weighted by Gasteiger charge is -2.41. The topological polar surface area (TPSA) is 12.0 Å². The Kier molecular flexibility index (Phi) is 6.86. The molecule has 1 N–H and O–H groups in total. The predicted octanol–water partition coefficient (Wildman–Crippen LogP) is 5.11. The largest absolute Gasteiger partial charge is 0.316 e. The van der Waals surface area contributed by atoms with Crippen molar-refractivity contribution in [1.82, 2.24) is 5.32 Å². The van der Waals surface area contributed by atoms with E-state index in [0.29, 0.717) is 5.41 Å². The Morgan fingerprint density at radius 3 is 2.32 bits per heavy atom. The smallest absolute Gasteiger partial charge is 0.00177 e. The molecule has 1 aliphatic carbocycles. The van der Waals surface area contributed by atoms with Gasteiger partial charge >= 0.3 is 0 Å². The first-order chi connectivity index (χ1) is 8.80. The van der Waals surface area contributed by atoms with Crippen LogP contribution in [0.25, 0.3) is 0 Å². The number of hydrogen-bond acceptors (Lipinski definition) is 1. The fourth-order valence-corrected chi connectivity index (χ4v) is 3.50. The average molecular weight is 268 g/mol. The molecule has 0 saturated heterocycles. The zero-order valence-corrected chi connectivity index (χ0v) is 14.3. The van der Waals surface area contributed by atoms with Gasteiger partial charge in [0.1, 0.15) is 0 Å². The maximum Gasteiger partial charge on any atom is -0.00177 e. The lowest BCUT2D eigenvalue weighted by molar-refractivity contribution is 0.105. The van der Waals surface area contributed by atoms with Gasteiger partial charge < -0.3 is 5.32 Å². The van der Waals surface area contributed by atoms with E-state index >= 15 is 0 Å². The van der Waals surface area contributed by atoms with E-state index in [4.69, 9.17) is 0 Å². The molecule has 0 aromatic carbocycles. The molecule has 0 aromatic heterocycles. The van der Waals surface area contributed by atoms with Crippen LogP contribution in [0.3, 0.4) is 0 Å². The Morgan fingerprint density at radius 2 is 1.74 bits per heavy atom. The standard InChI is InChI=1S/C18H37N/c1-14(2)7-8-16-11-18(5,6)10-9-17(16)13-19-12-15(3)4/h14-17,19H,7-13H2,1-6H3. The summed E-state index contributed by atoms with van der Waals surface area (Å²) in [4.78, 5) is 0. The Labute approximate surface area is 121 Å². The van der Waals surface area contributed by atoms with Crippen molar-refractivity contribution in [3.05, 3.63) is 0 Å². The molecule has 1 aliphatic rings. The third kappa shape index (κ3) is 6.79. The molecule has 0 aliphatic heterocycles. The van der Waals surface area contributed by atoms with Crippen molar-refractivity contribution in [3.8, 4) is 0 Å². The molecule has 0 heterocycles. The van der Waals surface area contributed by atoms with Crippen molar-refractivity contribution >= 4 is 0 Å². The summed E-state index contributed by atoms with van der Waals surface area (Å²) in [7, 11) is 0. The molecular weight excluding hydrogens is 230 g/mol. The van der Waals surface area contributed by atoms with Crippen LogP contribution in [0.2, 0.25) is 0 Å². The van der Waals surface area contributed by atoms with E-state index in [1.165, 1.54) is 45.2 Å². The van der Waals surface area contributed by atoms with Gasteiger partial charge in [-0.15, -0.1) is 0 Å². The van der Waals surface area contributed by atoms with Crippen molar-refractivity contribution in [2.24, 2.45) is 29.1 Å². The number of hydrogen-bond donors (Lipinski definition) is 1. The average Bonchev–Trinajstić information content (AvgIpc) is 2.27.